The van der Waals surface area contributed by atoms with Crippen molar-refractivity contribution in [2.45, 2.75) is 6.92 Å². The molecule has 1 amide bonds. The van der Waals surface area contributed by atoms with Gasteiger partial charge in [0.2, 0.25) is 0 Å². The fourth-order valence-electron chi connectivity index (χ4n) is 2.73. The second-order valence-electron chi connectivity index (χ2n) is 6.40. The number of carbonyl (C=O) groups is 1. The number of H-pyrrole nitrogens is 1. The lowest BCUT2D eigenvalue weighted by atomic mass is 10.1. The van der Waals surface area contributed by atoms with Crippen molar-refractivity contribution in [2.75, 3.05) is 0 Å². The molecule has 29 heavy (non-hydrogen) atoms. The summed E-state index contributed by atoms with van der Waals surface area (Å²) in [6.45, 7) is 1.94. The van der Waals surface area contributed by atoms with Gasteiger partial charge < -0.3 is 4.42 Å². The lowest BCUT2D eigenvalue weighted by molar-refractivity contribution is 0.0950. The molecular formula is C22H17ClN4O2. The van der Waals surface area contributed by atoms with E-state index in [9.17, 15) is 4.79 Å². The van der Waals surface area contributed by atoms with E-state index < -0.39 is 5.91 Å². The Morgan fingerprint density at radius 3 is 2.72 bits per heavy atom. The quantitative estimate of drug-likeness (QED) is 0.360. The largest absolute Gasteiger partial charge is 0.455 e. The van der Waals surface area contributed by atoms with Crippen molar-refractivity contribution in [2.24, 2.45) is 5.10 Å². The van der Waals surface area contributed by atoms with Crippen LogP contribution in [0.15, 0.2) is 76.2 Å². The Hall–Kier alpha value is -3.64. The molecule has 4 aromatic rings. The molecule has 0 fully saturated rings. The number of aryl methyl sites for hydroxylation is 1. The number of aromatic nitrogens is 2. The van der Waals surface area contributed by atoms with Crippen molar-refractivity contribution < 1.29 is 9.21 Å². The van der Waals surface area contributed by atoms with Crippen LogP contribution in [0.5, 0.6) is 0 Å². The van der Waals surface area contributed by atoms with Crippen LogP contribution < -0.4 is 5.43 Å². The fraction of sp³-hybridized carbons (Fsp3) is 0.0455. The summed E-state index contributed by atoms with van der Waals surface area (Å²) in [6.07, 6.45) is 1.44. The van der Waals surface area contributed by atoms with Gasteiger partial charge in [0.05, 0.1) is 11.9 Å². The fourth-order valence-corrected chi connectivity index (χ4v) is 2.91. The van der Waals surface area contributed by atoms with Crippen molar-refractivity contribution in [3.05, 3.63) is 88.8 Å². The summed E-state index contributed by atoms with van der Waals surface area (Å²) in [5, 5.41) is 11.5. The average Bonchev–Trinajstić information content (AvgIpc) is 3.41. The van der Waals surface area contributed by atoms with Gasteiger partial charge in [-0.05, 0) is 36.8 Å². The first kappa shape index (κ1) is 18.7. The molecule has 2 aromatic heterocycles. The highest BCUT2D eigenvalue weighted by atomic mass is 35.5. The van der Waals surface area contributed by atoms with Crippen LogP contribution >= 0.6 is 11.6 Å². The summed E-state index contributed by atoms with van der Waals surface area (Å²) >= 11 is 6.16. The molecule has 0 atom stereocenters. The van der Waals surface area contributed by atoms with Crippen LogP contribution in [-0.4, -0.2) is 22.3 Å². The maximum absolute atomic E-state index is 12.2. The molecule has 2 heterocycles. The Balaban J connectivity index is 1.40. The second kappa shape index (κ2) is 8.16. The third-order valence-electron chi connectivity index (χ3n) is 4.33. The molecular weight excluding hydrogens is 388 g/mol. The third-order valence-corrected chi connectivity index (χ3v) is 4.74. The van der Waals surface area contributed by atoms with Crippen LogP contribution in [0, 0.1) is 6.92 Å². The molecule has 7 heteroatoms. The van der Waals surface area contributed by atoms with Gasteiger partial charge in [-0.3, -0.25) is 9.89 Å². The molecule has 6 nitrogen and oxygen atoms in total. The number of halogens is 1. The van der Waals surface area contributed by atoms with Gasteiger partial charge >= 0.3 is 0 Å². The molecule has 0 saturated heterocycles. The number of carbonyl (C=O) groups excluding carboxylic acids is 1. The van der Waals surface area contributed by atoms with Gasteiger partial charge in [0.25, 0.3) is 5.91 Å². The molecule has 0 aliphatic rings. The Morgan fingerprint density at radius 2 is 1.93 bits per heavy atom. The maximum Gasteiger partial charge on any atom is 0.289 e. The molecule has 0 spiro atoms. The number of benzene rings is 2. The maximum atomic E-state index is 12.2. The number of hydrogen-bond acceptors (Lipinski definition) is 4. The second-order valence-corrected chi connectivity index (χ2v) is 6.81. The minimum absolute atomic E-state index is 0.315. The summed E-state index contributed by atoms with van der Waals surface area (Å²) in [7, 11) is 0. The zero-order valence-corrected chi connectivity index (χ0v) is 16.3. The number of amides is 1. The number of nitrogens with zero attached hydrogens (tertiary/aromatic N) is 2. The molecule has 2 aromatic carbocycles. The van der Waals surface area contributed by atoms with E-state index in [1.54, 1.807) is 12.1 Å². The van der Waals surface area contributed by atoms with Crippen molar-refractivity contribution in [3.8, 4) is 22.6 Å². The van der Waals surface area contributed by atoms with Crippen LogP contribution in [-0.2, 0) is 0 Å². The van der Waals surface area contributed by atoms with Gasteiger partial charge in [-0.2, -0.15) is 10.2 Å². The normalized spacial score (nSPS) is 11.1. The van der Waals surface area contributed by atoms with Crippen molar-refractivity contribution in [1.82, 2.24) is 15.6 Å². The van der Waals surface area contributed by atoms with E-state index in [1.165, 1.54) is 6.21 Å². The topological polar surface area (TPSA) is 83.3 Å². The Kier molecular flexibility index (Phi) is 5.27. The van der Waals surface area contributed by atoms with Crippen LogP contribution in [0.4, 0.5) is 0 Å². The zero-order chi connectivity index (χ0) is 20.2. The molecule has 0 saturated carbocycles. The number of hydrazone groups is 1. The van der Waals surface area contributed by atoms with Gasteiger partial charge in [0, 0.05) is 16.1 Å². The van der Waals surface area contributed by atoms with Gasteiger partial charge in [-0.15, -0.1) is 0 Å². The Morgan fingerprint density at radius 1 is 1.10 bits per heavy atom. The number of aromatic amines is 1. The van der Waals surface area contributed by atoms with E-state index in [4.69, 9.17) is 16.0 Å². The van der Waals surface area contributed by atoms with Crippen molar-refractivity contribution >= 4 is 23.7 Å². The molecule has 2 N–H and O–H groups in total. The SMILES string of the molecule is Cc1ccc(-c2ccc(/C=N/NC(=O)c3cc(-c4ccccc4)n[nH]3)o2)cc1Cl. The molecule has 0 aliphatic heterocycles. The highest BCUT2D eigenvalue weighted by molar-refractivity contribution is 6.31. The van der Waals surface area contributed by atoms with E-state index in [1.807, 2.05) is 61.5 Å². The number of nitrogens with one attached hydrogen (secondary N) is 2. The predicted octanol–water partition coefficient (Wildman–Crippen LogP) is 5.06. The lowest BCUT2D eigenvalue weighted by Crippen LogP contribution is -2.17. The van der Waals surface area contributed by atoms with Crippen LogP contribution in [0.3, 0.4) is 0 Å². The van der Waals surface area contributed by atoms with Crippen LogP contribution in [0.1, 0.15) is 21.8 Å². The van der Waals surface area contributed by atoms with E-state index in [-0.39, 0.29) is 0 Å². The summed E-state index contributed by atoms with van der Waals surface area (Å²) in [4.78, 5) is 12.2. The average molecular weight is 405 g/mol. The van der Waals surface area contributed by atoms with Gasteiger partial charge in [0.15, 0.2) is 0 Å². The van der Waals surface area contributed by atoms with Gasteiger partial charge in [-0.1, -0.05) is 54.1 Å². The first-order valence-electron chi connectivity index (χ1n) is 8.91. The summed E-state index contributed by atoms with van der Waals surface area (Å²) < 4.78 is 5.73. The molecule has 0 aliphatic carbocycles. The molecule has 0 radical (unpaired) electrons. The minimum atomic E-state index is -0.395. The molecule has 0 unspecified atom stereocenters. The lowest BCUT2D eigenvalue weighted by Gasteiger charge is -2.00. The summed E-state index contributed by atoms with van der Waals surface area (Å²) in [6, 6.07) is 20.6. The third kappa shape index (κ3) is 4.28. The van der Waals surface area contributed by atoms with Crippen LogP contribution in [0.2, 0.25) is 5.02 Å². The highest BCUT2D eigenvalue weighted by Gasteiger charge is 2.10. The number of hydrogen-bond donors (Lipinski definition) is 2. The monoisotopic (exact) mass is 404 g/mol. The standard InChI is InChI=1S/C22H17ClN4O2/c1-14-7-8-16(11-18(14)23)21-10-9-17(29-21)13-24-27-22(28)20-12-19(25-26-20)15-5-3-2-4-6-15/h2-13H,1H3,(H,25,26)(H,27,28)/b24-13+. The predicted molar refractivity (Wildman–Crippen MR) is 113 cm³/mol. The number of furan rings is 1. The summed E-state index contributed by atoms with van der Waals surface area (Å²) in [5.41, 5.74) is 6.25. The molecule has 4 rings (SSSR count). The van der Waals surface area contributed by atoms with E-state index in [2.05, 4.69) is 20.7 Å². The Labute approximate surface area is 172 Å². The van der Waals surface area contributed by atoms with E-state index in [0.717, 1.165) is 16.7 Å². The van der Waals surface area contributed by atoms with Crippen molar-refractivity contribution in [1.29, 1.82) is 0 Å². The first-order valence-corrected chi connectivity index (χ1v) is 9.28. The Bertz CT molecular complexity index is 1180. The first-order chi connectivity index (χ1) is 14.1. The smallest absolute Gasteiger partial charge is 0.289 e. The van der Waals surface area contributed by atoms with Crippen LogP contribution in [0.25, 0.3) is 22.6 Å². The molecule has 0 bridgehead atoms. The number of rotatable bonds is 5. The summed E-state index contributed by atoms with van der Waals surface area (Å²) in [5.74, 6) is 0.778. The van der Waals surface area contributed by atoms with Gasteiger partial charge in [0.1, 0.15) is 17.2 Å². The highest BCUT2D eigenvalue weighted by Crippen LogP contribution is 2.26. The zero-order valence-electron chi connectivity index (χ0n) is 15.5. The van der Waals surface area contributed by atoms with E-state index in [0.29, 0.717) is 27.9 Å². The van der Waals surface area contributed by atoms with Crippen molar-refractivity contribution in [3.63, 3.8) is 0 Å². The minimum Gasteiger partial charge on any atom is -0.455 e. The van der Waals surface area contributed by atoms with Gasteiger partial charge in [-0.25, -0.2) is 5.43 Å². The van der Waals surface area contributed by atoms with E-state index >= 15 is 0 Å². The molecule has 144 valence electrons.